The zero-order valence-electron chi connectivity index (χ0n) is 12.1. The summed E-state index contributed by atoms with van der Waals surface area (Å²) in [5.74, 6) is -0.0569. The topological polar surface area (TPSA) is 50.4 Å². The number of hydrogen-bond donors (Lipinski definition) is 2. The van der Waals surface area contributed by atoms with Crippen LogP contribution in [0.1, 0.15) is 0 Å². The van der Waals surface area contributed by atoms with E-state index in [1.807, 2.05) is 42.5 Å². The Bertz CT molecular complexity index is 553. The Kier molecular flexibility index (Phi) is 5.94. The monoisotopic (exact) mass is 284 g/mol. The number of carbonyl (C=O) groups excluding carboxylic acids is 1. The number of benzene rings is 2. The van der Waals surface area contributed by atoms with Gasteiger partial charge in [-0.3, -0.25) is 4.79 Å². The number of carbonyl (C=O) groups is 1. The molecular weight excluding hydrogens is 264 g/mol. The molecule has 21 heavy (non-hydrogen) atoms. The fourth-order valence-electron chi connectivity index (χ4n) is 1.96. The molecule has 0 saturated carbocycles. The molecule has 2 aromatic carbocycles. The first-order valence-corrected chi connectivity index (χ1v) is 6.94. The minimum Gasteiger partial charge on any atom is -0.383 e. The van der Waals surface area contributed by atoms with E-state index in [9.17, 15) is 4.79 Å². The van der Waals surface area contributed by atoms with Gasteiger partial charge in [-0.05, 0) is 23.3 Å². The van der Waals surface area contributed by atoms with Crippen molar-refractivity contribution in [3.8, 4) is 11.1 Å². The Morgan fingerprint density at radius 2 is 1.67 bits per heavy atom. The van der Waals surface area contributed by atoms with Crippen LogP contribution in [0.3, 0.4) is 0 Å². The van der Waals surface area contributed by atoms with E-state index in [0.29, 0.717) is 13.2 Å². The van der Waals surface area contributed by atoms with E-state index in [2.05, 4.69) is 22.8 Å². The van der Waals surface area contributed by atoms with E-state index in [1.54, 1.807) is 7.11 Å². The summed E-state index contributed by atoms with van der Waals surface area (Å²) in [6.45, 7) is 1.54. The second-order valence-electron chi connectivity index (χ2n) is 4.66. The van der Waals surface area contributed by atoms with Crippen molar-refractivity contribution in [3.63, 3.8) is 0 Å². The van der Waals surface area contributed by atoms with Crippen LogP contribution in [0.15, 0.2) is 54.6 Å². The fourth-order valence-corrected chi connectivity index (χ4v) is 1.96. The Morgan fingerprint density at radius 1 is 1.00 bits per heavy atom. The lowest BCUT2D eigenvalue weighted by Crippen LogP contribution is -2.30. The highest BCUT2D eigenvalue weighted by molar-refractivity contribution is 5.92. The van der Waals surface area contributed by atoms with Crippen molar-refractivity contribution in [2.24, 2.45) is 0 Å². The lowest BCUT2D eigenvalue weighted by molar-refractivity contribution is -0.115. The number of anilines is 1. The van der Waals surface area contributed by atoms with Gasteiger partial charge in [0.1, 0.15) is 0 Å². The van der Waals surface area contributed by atoms with Crippen LogP contribution >= 0.6 is 0 Å². The molecule has 0 saturated heterocycles. The minimum atomic E-state index is -0.0569. The lowest BCUT2D eigenvalue weighted by atomic mass is 10.1. The molecule has 0 fully saturated rings. The molecule has 0 heterocycles. The molecule has 0 spiro atoms. The van der Waals surface area contributed by atoms with Crippen LogP contribution < -0.4 is 10.6 Å². The van der Waals surface area contributed by atoms with E-state index in [0.717, 1.165) is 16.8 Å². The third kappa shape index (κ3) is 5.02. The van der Waals surface area contributed by atoms with E-state index >= 15 is 0 Å². The molecule has 0 radical (unpaired) electrons. The molecule has 0 bridgehead atoms. The molecule has 0 unspecified atom stereocenters. The SMILES string of the molecule is COCCNCC(=O)Nc1ccc(-c2ccccc2)cc1. The van der Waals surface area contributed by atoms with Gasteiger partial charge in [0.25, 0.3) is 0 Å². The summed E-state index contributed by atoms with van der Waals surface area (Å²) in [6, 6.07) is 18.0. The van der Waals surface area contributed by atoms with E-state index in [1.165, 1.54) is 0 Å². The molecule has 4 heteroatoms. The van der Waals surface area contributed by atoms with Gasteiger partial charge in [-0.2, -0.15) is 0 Å². The molecule has 2 N–H and O–H groups in total. The number of hydrogen-bond acceptors (Lipinski definition) is 3. The highest BCUT2D eigenvalue weighted by Gasteiger charge is 2.02. The van der Waals surface area contributed by atoms with E-state index in [4.69, 9.17) is 4.74 Å². The van der Waals surface area contributed by atoms with Gasteiger partial charge in [0.15, 0.2) is 0 Å². The minimum absolute atomic E-state index is 0.0569. The quantitative estimate of drug-likeness (QED) is 0.768. The van der Waals surface area contributed by atoms with Crippen LogP contribution in [0.25, 0.3) is 11.1 Å². The molecule has 0 aliphatic carbocycles. The highest BCUT2D eigenvalue weighted by Crippen LogP contribution is 2.20. The zero-order valence-corrected chi connectivity index (χ0v) is 12.1. The summed E-state index contributed by atoms with van der Waals surface area (Å²) in [6.07, 6.45) is 0. The van der Waals surface area contributed by atoms with Crippen LogP contribution in [-0.4, -0.2) is 32.7 Å². The number of methoxy groups -OCH3 is 1. The van der Waals surface area contributed by atoms with Gasteiger partial charge >= 0.3 is 0 Å². The van der Waals surface area contributed by atoms with Crippen LogP contribution in [-0.2, 0) is 9.53 Å². The first kappa shape index (κ1) is 15.2. The molecule has 2 aromatic rings. The van der Waals surface area contributed by atoms with Crippen molar-refractivity contribution in [1.29, 1.82) is 0 Å². The Hall–Kier alpha value is -2.17. The number of ether oxygens (including phenoxy) is 1. The highest BCUT2D eigenvalue weighted by atomic mass is 16.5. The first-order chi connectivity index (χ1) is 10.3. The standard InChI is InChI=1S/C17H20N2O2/c1-21-12-11-18-13-17(20)19-16-9-7-15(8-10-16)14-5-3-2-4-6-14/h2-10,18H,11-13H2,1H3,(H,19,20). The van der Waals surface area contributed by atoms with Gasteiger partial charge < -0.3 is 15.4 Å². The molecule has 4 nitrogen and oxygen atoms in total. The predicted molar refractivity (Wildman–Crippen MR) is 85.3 cm³/mol. The maximum absolute atomic E-state index is 11.7. The molecule has 0 aliphatic rings. The summed E-state index contributed by atoms with van der Waals surface area (Å²) in [7, 11) is 1.63. The summed E-state index contributed by atoms with van der Waals surface area (Å²) in [4.78, 5) is 11.7. The van der Waals surface area contributed by atoms with Crippen molar-refractivity contribution < 1.29 is 9.53 Å². The molecule has 0 aromatic heterocycles. The number of nitrogens with one attached hydrogen (secondary N) is 2. The Morgan fingerprint density at radius 3 is 2.33 bits per heavy atom. The van der Waals surface area contributed by atoms with Crippen molar-refractivity contribution >= 4 is 11.6 Å². The fraction of sp³-hybridized carbons (Fsp3) is 0.235. The van der Waals surface area contributed by atoms with Crippen LogP contribution in [0, 0.1) is 0 Å². The number of amides is 1. The largest absolute Gasteiger partial charge is 0.383 e. The van der Waals surface area contributed by atoms with Crippen LogP contribution in [0.5, 0.6) is 0 Å². The summed E-state index contributed by atoms with van der Waals surface area (Å²) in [5.41, 5.74) is 3.09. The van der Waals surface area contributed by atoms with Crippen LogP contribution in [0.2, 0.25) is 0 Å². The third-order valence-corrected chi connectivity index (χ3v) is 3.04. The molecular formula is C17H20N2O2. The zero-order chi connectivity index (χ0) is 14.9. The van der Waals surface area contributed by atoms with Crippen molar-refractivity contribution in [2.75, 3.05) is 32.1 Å². The van der Waals surface area contributed by atoms with Gasteiger partial charge in [-0.1, -0.05) is 42.5 Å². The maximum atomic E-state index is 11.7. The predicted octanol–water partition coefficient (Wildman–Crippen LogP) is 2.53. The second kappa shape index (κ2) is 8.19. The molecule has 0 aliphatic heterocycles. The summed E-state index contributed by atoms with van der Waals surface area (Å²) >= 11 is 0. The van der Waals surface area contributed by atoms with Crippen molar-refractivity contribution in [2.45, 2.75) is 0 Å². The van der Waals surface area contributed by atoms with E-state index in [-0.39, 0.29) is 12.5 Å². The van der Waals surface area contributed by atoms with E-state index < -0.39 is 0 Å². The van der Waals surface area contributed by atoms with Gasteiger partial charge in [0.05, 0.1) is 13.2 Å². The molecule has 110 valence electrons. The Labute approximate surface area is 125 Å². The third-order valence-electron chi connectivity index (χ3n) is 3.04. The van der Waals surface area contributed by atoms with Crippen molar-refractivity contribution in [1.82, 2.24) is 5.32 Å². The lowest BCUT2D eigenvalue weighted by Gasteiger charge is -2.07. The van der Waals surface area contributed by atoms with Gasteiger partial charge in [-0.25, -0.2) is 0 Å². The number of rotatable bonds is 7. The molecule has 1 amide bonds. The maximum Gasteiger partial charge on any atom is 0.238 e. The Balaban J connectivity index is 1.86. The first-order valence-electron chi connectivity index (χ1n) is 6.94. The van der Waals surface area contributed by atoms with Gasteiger partial charge in [-0.15, -0.1) is 0 Å². The average molecular weight is 284 g/mol. The van der Waals surface area contributed by atoms with Gasteiger partial charge in [0.2, 0.25) is 5.91 Å². The molecule has 2 rings (SSSR count). The summed E-state index contributed by atoms with van der Waals surface area (Å²) in [5, 5.41) is 5.86. The smallest absolute Gasteiger partial charge is 0.238 e. The van der Waals surface area contributed by atoms with Crippen molar-refractivity contribution in [3.05, 3.63) is 54.6 Å². The second-order valence-corrected chi connectivity index (χ2v) is 4.66. The van der Waals surface area contributed by atoms with Gasteiger partial charge in [0, 0.05) is 19.3 Å². The average Bonchev–Trinajstić information content (AvgIpc) is 2.53. The summed E-state index contributed by atoms with van der Waals surface area (Å²) < 4.78 is 4.90. The van der Waals surface area contributed by atoms with Crippen LogP contribution in [0.4, 0.5) is 5.69 Å². The normalized spacial score (nSPS) is 10.3. The molecule has 0 atom stereocenters.